The molecule has 1 aliphatic rings. The van der Waals surface area contributed by atoms with Crippen molar-refractivity contribution in [3.63, 3.8) is 0 Å². The van der Waals surface area contributed by atoms with Gasteiger partial charge >= 0.3 is 0 Å². The van der Waals surface area contributed by atoms with Gasteiger partial charge in [0.25, 0.3) is 5.69 Å². The summed E-state index contributed by atoms with van der Waals surface area (Å²) in [5, 5.41) is 13.2. The van der Waals surface area contributed by atoms with Gasteiger partial charge in [0.2, 0.25) is 15.9 Å². The average Bonchev–Trinajstić information content (AvgIpc) is 2.64. The van der Waals surface area contributed by atoms with Crippen molar-refractivity contribution in [1.29, 1.82) is 0 Å². The van der Waals surface area contributed by atoms with Crippen LogP contribution in [0.25, 0.3) is 0 Å². The minimum absolute atomic E-state index is 0.00713. The van der Waals surface area contributed by atoms with Crippen LogP contribution in [0.2, 0.25) is 5.02 Å². The standard InChI is InChI=1S/C11H12ClN3O5S/c12-9-2-1-8(15(17)18)7-10(9)21(19,20)14-5-3-11(16)13-4-6-14/h1-2,7H,3-6H2,(H,13,16). The van der Waals surface area contributed by atoms with Crippen molar-refractivity contribution in [2.75, 3.05) is 19.6 Å². The fourth-order valence-corrected chi connectivity index (χ4v) is 3.86. The highest BCUT2D eigenvalue weighted by Gasteiger charge is 2.30. The van der Waals surface area contributed by atoms with Crippen LogP contribution in [0.4, 0.5) is 5.69 Å². The second-order valence-electron chi connectivity index (χ2n) is 4.38. The van der Waals surface area contributed by atoms with E-state index in [9.17, 15) is 23.3 Å². The van der Waals surface area contributed by atoms with Crippen LogP contribution in [0, 0.1) is 10.1 Å². The van der Waals surface area contributed by atoms with E-state index in [1.54, 1.807) is 0 Å². The van der Waals surface area contributed by atoms with Crippen LogP contribution in [0.3, 0.4) is 0 Å². The number of non-ortho nitro benzene ring substituents is 1. The van der Waals surface area contributed by atoms with Crippen LogP contribution in [0.15, 0.2) is 23.1 Å². The maximum Gasteiger partial charge on any atom is 0.270 e. The molecule has 0 unspecified atom stereocenters. The number of amides is 1. The second-order valence-corrected chi connectivity index (χ2v) is 6.69. The Labute approximate surface area is 125 Å². The molecule has 0 aromatic heterocycles. The lowest BCUT2D eigenvalue weighted by molar-refractivity contribution is -0.385. The van der Waals surface area contributed by atoms with Crippen LogP contribution in [0.5, 0.6) is 0 Å². The van der Waals surface area contributed by atoms with Gasteiger partial charge in [-0.1, -0.05) is 11.6 Å². The van der Waals surface area contributed by atoms with E-state index in [4.69, 9.17) is 11.6 Å². The lowest BCUT2D eigenvalue weighted by atomic mass is 10.3. The van der Waals surface area contributed by atoms with Gasteiger partial charge in [-0.2, -0.15) is 4.31 Å². The number of hydrogen-bond donors (Lipinski definition) is 1. The molecule has 0 saturated carbocycles. The lowest BCUT2D eigenvalue weighted by Gasteiger charge is -2.19. The number of benzene rings is 1. The Morgan fingerprint density at radius 1 is 1.33 bits per heavy atom. The highest BCUT2D eigenvalue weighted by atomic mass is 35.5. The first-order valence-corrected chi connectivity index (χ1v) is 7.85. The van der Waals surface area contributed by atoms with Crippen molar-refractivity contribution in [2.24, 2.45) is 0 Å². The second kappa shape index (κ2) is 5.96. The Kier molecular flexibility index (Phi) is 4.45. The van der Waals surface area contributed by atoms with Gasteiger partial charge in [0.15, 0.2) is 0 Å². The van der Waals surface area contributed by atoms with Gasteiger partial charge in [0.05, 0.1) is 9.95 Å². The first-order valence-electron chi connectivity index (χ1n) is 6.03. The molecular weight excluding hydrogens is 322 g/mol. The number of halogens is 1. The highest BCUT2D eigenvalue weighted by Crippen LogP contribution is 2.28. The van der Waals surface area contributed by atoms with Gasteiger partial charge in [0, 0.05) is 38.2 Å². The molecule has 1 heterocycles. The third kappa shape index (κ3) is 3.31. The van der Waals surface area contributed by atoms with Crippen molar-refractivity contribution in [1.82, 2.24) is 9.62 Å². The predicted molar refractivity (Wildman–Crippen MR) is 74.5 cm³/mol. The fraction of sp³-hybridized carbons (Fsp3) is 0.364. The van der Waals surface area contributed by atoms with Crippen LogP contribution in [-0.2, 0) is 14.8 Å². The maximum absolute atomic E-state index is 12.5. The van der Waals surface area contributed by atoms with Crippen LogP contribution in [0.1, 0.15) is 6.42 Å². The molecule has 1 N–H and O–H groups in total. The molecule has 1 saturated heterocycles. The molecule has 21 heavy (non-hydrogen) atoms. The number of hydrogen-bond acceptors (Lipinski definition) is 5. The molecule has 0 atom stereocenters. The molecule has 0 bridgehead atoms. The molecule has 1 aromatic carbocycles. The van der Waals surface area contributed by atoms with E-state index in [1.807, 2.05) is 0 Å². The number of nitro benzene ring substituents is 1. The number of nitrogens with zero attached hydrogens (tertiary/aromatic N) is 2. The third-order valence-corrected chi connectivity index (χ3v) is 5.40. The minimum atomic E-state index is -3.99. The van der Waals surface area contributed by atoms with E-state index >= 15 is 0 Å². The number of carbonyl (C=O) groups excluding carboxylic acids is 1. The van der Waals surface area contributed by atoms with Gasteiger partial charge < -0.3 is 5.32 Å². The third-order valence-electron chi connectivity index (χ3n) is 3.02. The van der Waals surface area contributed by atoms with Crippen molar-refractivity contribution in [3.05, 3.63) is 33.3 Å². The Morgan fingerprint density at radius 2 is 2.05 bits per heavy atom. The average molecular weight is 334 g/mol. The summed E-state index contributed by atoms with van der Waals surface area (Å²) in [7, 11) is -3.99. The van der Waals surface area contributed by atoms with Gasteiger partial charge in [-0.25, -0.2) is 8.42 Å². The summed E-state index contributed by atoms with van der Waals surface area (Å²) in [4.78, 5) is 21.0. The quantitative estimate of drug-likeness (QED) is 0.648. The van der Waals surface area contributed by atoms with Gasteiger partial charge in [-0.3, -0.25) is 14.9 Å². The zero-order valence-electron chi connectivity index (χ0n) is 10.8. The zero-order valence-corrected chi connectivity index (χ0v) is 12.4. The predicted octanol–water partition coefficient (Wildman–Crippen LogP) is 0.759. The van der Waals surface area contributed by atoms with E-state index in [-0.39, 0.29) is 47.6 Å². The Balaban J connectivity index is 2.41. The molecule has 1 aromatic rings. The number of sulfonamides is 1. The Morgan fingerprint density at radius 3 is 2.71 bits per heavy atom. The van der Waals surface area contributed by atoms with Crippen molar-refractivity contribution in [3.8, 4) is 0 Å². The van der Waals surface area contributed by atoms with E-state index in [2.05, 4.69) is 5.32 Å². The first-order chi connectivity index (χ1) is 9.82. The molecule has 8 nitrogen and oxygen atoms in total. The molecule has 10 heteroatoms. The van der Waals surface area contributed by atoms with Gasteiger partial charge in [-0.05, 0) is 6.07 Å². The molecule has 1 fully saturated rings. The number of rotatable bonds is 3. The molecule has 1 aliphatic heterocycles. The highest BCUT2D eigenvalue weighted by molar-refractivity contribution is 7.89. The molecule has 114 valence electrons. The molecule has 0 aliphatic carbocycles. The summed E-state index contributed by atoms with van der Waals surface area (Å²) in [6.45, 7) is 0.283. The van der Waals surface area contributed by atoms with E-state index < -0.39 is 14.9 Å². The molecule has 1 amide bonds. The summed E-state index contributed by atoms with van der Waals surface area (Å²) in [5.41, 5.74) is -0.359. The number of nitrogens with one attached hydrogen (secondary N) is 1. The van der Waals surface area contributed by atoms with Crippen LogP contribution >= 0.6 is 11.6 Å². The van der Waals surface area contributed by atoms with E-state index in [0.717, 1.165) is 16.4 Å². The van der Waals surface area contributed by atoms with Crippen molar-refractivity contribution < 1.29 is 18.1 Å². The van der Waals surface area contributed by atoms with E-state index in [1.165, 1.54) is 6.07 Å². The molecule has 0 radical (unpaired) electrons. The lowest BCUT2D eigenvalue weighted by Crippen LogP contribution is -2.34. The molecular formula is C11H12ClN3O5S. The van der Waals surface area contributed by atoms with Crippen LogP contribution in [-0.4, -0.2) is 43.2 Å². The first kappa shape index (κ1) is 15.7. The largest absolute Gasteiger partial charge is 0.355 e. The van der Waals surface area contributed by atoms with Crippen LogP contribution < -0.4 is 5.32 Å². The fourth-order valence-electron chi connectivity index (χ4n) is 1.93. The molecule has 2 rings (SSSR count). The Hall–Kier alpha value is -1.71. The maximum atomic E-state index is 12.5. The summed E-state index contributed by atoms with van der Waals surface area (Å²) in [5.74, 6) is -0.238. The topological polar surface area (TPSA) is 110 Å². The van der Waals surface area contributed by atoms with Gasteiger partial charge in [0.1, 0.15) is 4.90 Å². The van der Waals surface area contributed by atoms with Crippen molar-refractivity contribution >= 4 is 33.2 Å². The number of nitro groups is 1. The summed E-state index contributed by atoms with van der Waals surface area (Å²) < 4.78 is 26.1. The monoisotopic (exact) mass is 333 g/mol. The minimum Gasteiger partial charge on any atom is -0.355 e. The smallest absolute Gasteiger partial charge is 0.270 e. The summed E-state index contributed by atoms with van der Waals surface area (Å²) in [6.07, 6.45) is 0.0335. The normalized spacial score (nSPS) is 17.1. The Bertz CT molecular complexity index is 691. The molecule has 0 spiro atoms. The van der Waals surface area contributed by atoms with E-state index in [0.29, 0.717) is 0 Å². The number of carbonyl (C=O) groups is 1. The summed E-state index contributed by atoms with van der Waals surface area (Å²) >= 11 is 5.86. The zero-order chi connectivity index (χ0) is 15.6. The SMILES string of the molecule is O=C1CCN(S(=O)(=O)c2cc([N+](=O)[O-])ccc2Cl)CCN1. The van der Waals surface area contributed by atoms with Crippen molar-refractivity contribution in [2.45, 2.75) is 11.3 Å². The summed E-state index contributed by atoms with van der Waals surface area (Å²) in [6, 6.07) is 3.24. The van der Waals surface area contributed by atoms with Gasteiger partial charge in [-0.15, -0.1) is 0 Å².